The Morgan fingerprint density at radius 1 is 1.00 bits per heavy atom. The number of hydrogen-bond acceptors (Lipinski definition) is 2. The SMILES string of the molecule is O=C(O)C1CCN(C(=O)C2CCCCC2)CC1c1ccccc1. The van der Waals surface area contributed by atoms with Gasteiger partial charge in [0.05, 0.1) is 5.92 Å². The number of carboxylic acids is 1. The van der Waals surface area contributed by atoms with Crippen LogP contribution in [0.2, 0.25) is 0 Å². The molecule has 124 valence electrons. The van der Waals surface area contributed by atoms with Crippen LogP contribution in [0.4, 0.5) is 0 Å². The molecule has 4 heteroatoms. The minimum Gasteiger partial charge on any atom is -0.481 e. The molecule has 1 amide bonds. The predicted molar refractivity (Wildman–Crippen MR) is 88.1 cm³/mol. The summed E-state index contributed by atoms with van der Waals surface area (Å²) in [7, 11) is 0. The van der Waals surface area contributed by atoms with Crippen LogP contribution in [-0.4, -0.2) is 35.0 Å². The van der Waals surface area contributed by atoms with Gasteiger partial charge in [-0.25, -0.2) is 0 Å². The summed E-state index contributed by atoms with van der Waals surface area (Å²) >= 11 is 0. The molecule has 23 heavy (non-hydrogen) atoms. The molecule has 1 aliphatic carbocycles. The van der Waals surface area contributed by atoms with Crippen molar-refractivity contribution in [1.82, 2.24) is 4.90 Å². The summed E-state index contributed by atoms with van der Waals surface area (Å²) in [6.45, 7) is 1.12. The molecule has 2 unspecified atom stereocenters. The Bertz CT molecular complexity index is 551. The van der Waals surface area contributed by atoms with E-state index in [0.29, 0.717) is 19.5 Å². The lowest BCUT2D eigenvalue weighted by molar-refractivity contribution is -0.148. The van der Waals surface area contributed by atoms with Gasteiger partial charge >= 0.3 is 5.97 Å². The summed E-state index contributed by atoms with van der Waals surface area (Å²) in [4.78, 5) is 26.3. The second-order valence-electron chi connectivity index (χ2n) is 6.87. The van der Waals surface area contributed by atoms with Crippen LogP contribution in [0.25, 0.3) is 0 Å². The Kier molecular flexibility index (Phi) is 4.99. The molecule has 1 N–H and O–H groups in total. The maximum Gasteiger partial charge on any atom is 0.307 e. The molecule has 4 nitrogen and oxygen atoms in total. The lowest BCUT2D eigenvalue weighted by atomic mass is 9.79. The minimum absolute atomic E-state index is 0.102. The average molecular weight is 315 g/mol. The van der Waals surface area contributed by atoms with Crippen LogP contribution in [0.1, 0.15) is 50.0 Å². The maximum absolute atomic E-state index is 12.8. The zero-order valence-corrected chi connectivity index (χ0v) is 13.5. The Hall–Kier alpha value is -1.84. The highest BCUT2D eigenvalue weighted by atomic mass is 16.4. The average Bonchev–Trinajstić information content (AvgIpc) is 2.62. The molecular weight excluding hydrogens is 290 g/mol. The largest absolute Gasteiger partial charge is 0.481 e. The van der Waals surface area contributed by atoms with Crippen molar-refractivity contribution in [2.24, 2.45) is 11.8 Å². The molecule has 2 fully saturated rings. The lowest BCUT2D eigenvalue weighted by Gasteiger charge is -2.39. The van der Waals surface area contributed by atoms with Gasteiger partial charge in [0.15, 0.2) is 0 Å². The van der Waals surface area contributed by atoms with Crippen molar-refractivity contribution in [3.8, 4) is 0 Å². The molecule has 1 saturated heterocycles. The van der Waals surface area contributed by atoms with Crippen LogP contribution in [0.5, 0.6) is 0 Å². The van der Waals surface area contributed by atoms with E-state index in [1.54, 1.807) is 0 Å². The molecule has 0 bridgehead atoms. The molecule has 0 radical (unpaired) electrons. The van der Waals surface area contributed by atoms with E-state index in [2.05, 4.69) is 0 Å². The highest BCUT2D eigenvalue weighted by Crippen LogP contribution is 2.34. The van der Waals surface area contributed by atoms with Crippen LogP contribution >= 0.6 is 0 Å². The first-order valence-corrected chi connectivity index (χ1v) is 8.73. The first-order chi connectivity index (χ1) is 11.2. The van der Waals surface area contributed by atoms with Gasteiger partial charge < -0.3 is 10.0 Å². The smallest absolute Gasteiger partial charge is 0.307 e. The molecule has 1 aromatic carbocycles. The van der Waals surface area contributed by atoms with Crippen LogP contribution in [0, 0.1) is 11.8 Å². The summed E-state index contributed by atoms with van der Waals surface area (Å²) in [5, 5.41) is 9.54. The van der Waals surface area contributed by atoms with E-state index < -0.39 is 11.9 Å². The van der Waals surface area contributed by atoms with Gasteiger partial charge in [-0.1, -0.05) is 49.6 Å². The van der Waals surface area contributed by atoms with Crippen molar-refractivity contribution in [3.63, 3.8) is 0 Å². The molecular formula is C19H25NO3. The molecule has 0 aromatic heterocycles. The zero-order chi connectivity index (χ0) is 16.2. The standard InChI is InChI=1S/C19H25NO3/c21-18(15-9-5-2-6-10-15)20-12-11-16(19(22)23)17(13-20)14-7-3-1-4-8-14/h1,3-4,7-8,15-17H,2,5-6,9-13H2,(H,22,23). The number of amides is 1. The van der Waals surface area contributed by atoms with Gasteiger partial charge in [-0.2, -0.15) is 0 Å². The number of nitrogens with zero attached hydrogens (tertiary/aromatic N) is 1. The van der Waals surface area contributed by atoms with Crippen molar-refractivity contribution in [2.75, 3.05) is 13.1 Å². The lowest BCUT2D eigenvalue weighted by Crippen LogP contribution is -2.47. The number of carbonyl (C=O) groups is 2. The number of rotatable bonds is 3. The molecule has 3 rings (SSSR count). The highest BCUT2D eigenvalue weighted by Gasteiger charge is 2.38. The van der Waals surface area contributed by atoms with Gasteiger partial charge in [0.25, 0.3) is 0 Å². The number of likely N-dealkylation sites (tertiary alicyclic amines) is 1. The molecule has 1 saturated carbocycles. The summed E-state index contributed by atoms with van der Waals surface area (Å²) in [5.74, 6) is -0.845. The van der Waals surface area contributed by atoms with Gasteiger partial charge in [-0.3, -0.25) is 9.59 Å². The fourth-order valence-corrected chi connectivity index (χ4v) is 4.09. The number of hydrogen-bond donors (Lipinski definition) is 1. The van der Waals surface area contributed by atoms with E-state index in [-0.39, 0.29) is 17.7 Å². The number of benzene rings is 1. The van der Waals surface area contributed by atoms with E-state index in [0.717, 1.165) is 31.2 Å². The predicted octanol–water partition coefficient (Wildman–Crippen LogP) is 3.28. The summed E-state index contributed by atoms with van der Waals surface area (Å²) in [5.41, 5.74) is 1.03. The number of carbonyl (C=O) groups excluding carboxylic acids is 1. The summed E-state index contributed by atoms with van der Waals surface area (Å²) < 4.78 is 0. The van der Waals surface area contributed by atoms with Crippen LogP contribution in [-0.2, 0) is 9.59 Å². The van der Waals surface area contributed by atoms with Gasteiger partial charge in [0.1, 0.15) is 0 Å². The first-order valence-electron chi connectivity index (χ1n) is 8.73. The highest BCUT2D eigenvalue weighted by molar-refractivity contribution is 5.80. The van der Waals surface area contributed by atoms with Gasteiger partial charge in [0, 0.05) is 24.9 Å². The quantitative estimate of drug-likeness (QED) is 0.931. The van der Waals surface area contributed by atoms with Crippen molar-refractivity contribution < 1.29 is 14.7 Å². The van der Waals surface area contributed by atoms with E-state index >= 15 is 0 Å². The van der Waals surface area contributed by atoms with Crippen LogP contribution in [0.15, 0.2) is 30.3 Å². The van der Waals surface area contributed by atoms with Crippen LogP contribution < -0.4 is 0 Å². The fraction of sp³-hybridized carbons (Fsp3) is 0.579. The zero-order valence-electron chi connectivity index (χ0n) is 13.5. The number of piperidine rings is 1. The monoisotopic (exact) mass is 315 g/mol. The Balaban J connectivity index is 1.75. The molecule has 1 heterocycles. The molecule has 1 aromatic rings. The normalized spacial score (nSPS) is 26.0. The Morgan fingerprint density at radius 3 is 2.35 bits per heavy atom. The van der Waals surface area contributed by atoms with Crippen molar-refractivity contribution in [1.29, 1.82) is 0 Å². The first kappa shape index (κ1) is 16.0. The van der Waals surface area contributed by atoms with Gasteiger partial charge in [-0.15, -0.1) is 0 Å². The van der Waals surface area contributed by atoms with E-state index in [1.165, 1.54) is 6.42 Å². The minimum atomic E-state index is -0.747. The number of carboxylic acid groups (broad SMARTS) is 1. The second-order valence-corrected chi connectivity index (χ2v) is 6.87. The summed E-state index contributed by atoms with van der Waals surface area (Å²) in [6, 6.07) is 9.78. The Morgan fingerprint density at radius 2 is 1.70 bits per heavy atom. The van der Waals surface area contributed by atoms with Gasteiger partial charge in [0.2, 0.25) is 5.91 Å². The van der Waals surface area contributed by atoms with Gasteiger partial charge in [-0.05, 0) is 24.8 Å². The maximum atomic E-state index is 12.8. The third-order valence-corrected chi connectivity index (χ3v) is 5.42. The number of aliphatic carboxylic acids is 1. The molecule has 2 aliphatic rings. The third kappa shape index (κ3) is 3.57. The van der Waals surface area contributed by atoms with E-state index in [4.69, 9.17) is 0 Å². The molecule has 0 spiro atoms. The third-order valence-electron chi connectivity index (χ3n) is 5.42. The van der Waals surface area contributed by atoms with E-state index in [9.17, 15) is 14.7 Å². The van der Waals surface area contributed by atoms with Crippen molar-refractivity contribution >= 4 is 11.9 Å². The van der Waals surface area contributed by atoms with Crippen molar-refractivity contribution in [3.05, 3.63) is 35.9 Å². The molecule has 2 atom stereocenters. The second kappa shape index (κ2) is 7.16. The van der Waals surface area contributed by atoms with Crippen LogP contribution in [0.3, 0.4) is 0 Å². The van der Waals surface area contributed by atoms with Crippen molar-refractivity contribution in [2.45, 2.75) is 44.4 Å². The molecule has 1 aliphatic heterocycles. The Labute approximate surface area is 137 Å². The summed E-state index contributed by atoms with van der Waals surface area (Å²) in [6.07, 6.45) is 6.06. The van der Waals surface area contributed by atoms with E-state index in [1.807, 2.05) is 35.2 Å². The topological polar surface area (TPSA) is 57.6 Å². The fourth-order valence-electron chi connectivity index (χ4n) is 4.09.